The molecule has 2 aromatic carbocycles. The maximum Gasteiger partial charge on any atom is 0.185 e. The van der Waals surface area contributed by atoms with E-state index in [0.29, 0.717) is 0 Å². The molecule has 0 aliphatic heterocycles. The van der Waals surface area contributed by atoms with Crippen LogP contribution in [0, 0.1) is 40.1 Å². The average Bonchev–Trinajstić information content (AvgIpc) is 3.20. The van der Waals surface area contributed by atoms with E-state index in [0.717, 1.165) is 23.0 Å². The van der Waals surface area contributed by atoms with E-state index in [1.807, 2.05) is 6.07 Å². The minimum atomic E-state index is -1.93. The van der Waals surface area contributed by atoms with Gasteiger partial charge in [0.2, 0.25) is 0 Å². The second-order valence-electron chi connectivity index (χ2n) is 6.36. The Morgan fingerprint density at radius 2 is 1.84 bits per heavy atom. The van der Waals surface area contributed by atoms with Gasteiger partial charge >= 0.3 is 0 Å². The number of aromatic nitrogens is 4. The zero-order valence-electron chi connectivity index (χ0n) is 15.4. The molecule has 0 aliphatic carbocycles. The maximum atomic E-state index is 14.6. The third kappa shape index (κ3) is 3.10. The van der Waals surface area contributed by atoms with Crippen molar-refractivity contribution in [3.8, 4) is 23.4 Å². The number of nitriles is 2. The van der Waals surface area contributed by atoms with Crippen LogP contribution in [0.2, 0.25) is 0 Å². The quantitative estimate of drug-likeness (QED) is 0.485. The molecule has 1 atom stereocenters. The third-order valence-corrected chi connectivity index (χ3v) is 4.56. The van der Waals surface area contributed by atoms with E-state index in [2.05, 4.69) is 15.1 Å². The van der Waals surface area contributed by atoms with E-state index in [4.69, 9.17) is 11.0 Å². The first-order valence-electron chi connectivity index (χ1n) is 8.63. The van der Waals surface area contributed by atoms with Gasteiger partial charge in [-0.15, -0.1) is 5.10 Å². The number of nitrogen functional groups attached to an aromatic ring is 1. The van der Waals surface area contributed by atoms with Gasteiger partial charge < -0.3 is 10.8 Å². The summed E-state index contributed by atoms with van der Waals surface area (Å²) in [5.41, 5.74) is 3.49. The van der Waals surface area contributed by atoms with E-state index in [1.54, 1.807) is 6.07 Å². The Labute approximate surface area is 172 Å². The van der Waals surface area contributed by atoms with Crippen molar-refractivity contribution in [1.29, 1.82) is 10.5 Å². The molecule has 11 heteroatoms. The monoisotopic (exact) mass is 421 g/mol. The molecule has 31 heavy (non-hydrogen) atoms. The van der Waals surface area contributed by atoms with E-state index in [9.17, 15) is 23.5 Å². The highest BCUT2D eigenvalue weighted by molar-refractivity contribution is 5.75. The number of aliphatic hydroxyl groups is 1. The van der Waals surface area contributed by atoms with Crippen molar-refractivity contribution in [2.24, 2.45) is 0 Å². The van der Waals surface area contributed by atoms with Crippen LogP contribution in [0.15, 0.2) is 36.7 Å². The highest BCUT2D eigenvalue weighted by atomic mass is 19.1. The van der Waals surface area contributed by atoms with Crippen LogP contribution in [-0.2, 0) is 0 Å². The summed E-state index contributed by atoms with van der Waals surface area (Å²) in [6.07, 6.45) is -0.837. The first kappa shape index (κ1) is 19.8. The Hall–Kier alpha value is -4.48. The Kier molecular flexibility index (Phi) is 4.73. The summed E-state index contributed by atoms with van der Waals surface area (Å²) < 4.78 is 44.0. The molecule has 2 aromatic heterocycles. The maximum absolute atomic E-state index is 14.6. The van der Waals surface area contributed by atoms with Gasteiger partial charge in [0.25, 0.3) is 0 Å². The molecule has 0 aliphatic rings. The molecule has 0 bridgehead atoms. The van der Waals surface area contributed by atoms with Crippen LogP contribution in [0.5, 0.6) is 0 Å². The highest BCUT2D eigenvalue weighted by Gasteiger charge is 2.27. The fourth-order valence-corrected chi connectivity index (χ4v) is 3.06. The summed E-state index contributed by atoms with van der Waals surface area (Å²) >= 11 is 0. The van der Waals surface area contributed by atoms with Crippen molar-refractivity contribution in [3.63, 3.8) is 0 Å². The molecule has 0 saturated carbocycles. The van der Waals surface area contributed by atoms with Crippen LogP contribution in [0.1, 0.15) is 28.6 Å². The Bertz CT molecular complexity index is 1440. The number of aliphatic hydroxyl groups excluding tert-OH is 1. The molecule has 0 fully saturated rings. The lowest BCUT2D eigenvalue weighted by atomic mass is 10.0. The van der Waals surface area contributed by atoms with Gasteiger partial charge in [0.1, 0.15) is 41.8 Å². The number of benzene rings is 2. The first-order chi connectivity index (χ1) is 14.9. The van der Waals surface area contributed by atoms with Crippen LogP contribution in [0.4, 0.5) is 18.9 Å². The van der Waals surface area contributed by atoms with Crippen LogP contribution >= 0.6 is 0 Å². The molecule has 0 radical (unpaired) electrons. The largest absolute Gasteiger partial charge is 0.396 e. The Morgan fingerprint density at radius 1 is 1.06 bits per heavy atom. The number of rotatable bonds is 3. The lowest BCUT2D eigenvalue weighted by Crippen LogP contribution is -2.09. The van der Waals surface area contributed by atoms with Gasteiger partial charge in [-0.3, -0.25) is 0 Å². The molecule has 152 valence electrons. The smallest absolute Gasteiger partial charge is 0.185 e. The van der Waals surface area contributed by atoms with Crippen molar-refractivity contribution in [1.82, 2.24) is 19.6 Å². The summed E-state index contributed by atoms with van der Waals surface area (Å²) in [6.45, 7) is 0. The summed E-state index contributed by atoms with van der Waals surface area (Å²) in [5, 5.41) is 33.0. The molecule has 2 heterocycles. The molecule has 0 spiro atoms. The second-order valence-corrected chi connectivity index (χ2v) is 6.36. The lowest BCUT2D eigenvalue weighted by Gasteiger charge is -2.10. The molecular weight excluding hydrogens is 411 g/mol. The van der Waals surface area contributed by atoms with Crippen molar-refractivity contribution in [2.45, 2.75) is 6.10 Å². The molecule has 0 saturated heterocycles. The SMILES string of the molecule is N#Cc1cccc(-c2ncn3nc(C(O)c4c(F)ccc(N)c4F)nc3c2C#N)c1F. The van der Waals surface area contributed by atoms with Crippen molar-refractivity contribution in [3.05, 3.63) is 76.6 Å². The number of fused-ring (bicyclic) bond motifs is 1. The van der Waals surface area contributed by atoms with Crippen LogP contribution < -0.4 is 5.73 Å². The molecule has 1 unspecified atom stereocenters. The van der Waals surface area contributed by atoms with Gasteiger partial charge in [0.05, 0.1) is 22.5 Å². The molecular formula is C20H10F3N7O. The first-order valence-corrected chi connectivity index (χ1v) is 8.63. The third-order valence-electron chi connectivity index (χ3n) is 4.56. The predicted octanol–water partition coefficient (Wildman–Crippen LogP) is 2.62. The number of anilines is 1. The van der Waals surface area contributed by atoms with Gasteiger partial charge in [-0.2, -0.15) is 10.5 Å². The summed E-state index contributed by atoms with van der Waals surface area (Å²) in [4.78, 5) is 8.03. The van der Waals surface area contributed by atoms with E-state index in [1.165, 1.54) is 18.2 Å². The number of hydrogen-bond donors (Lipinski definition) is 2. The van der Waals surface area contributed by atoms with Crippen LogP contribution in [0.3, 0.4) is 0 Å². The highest BCUT2D eigenvalue weighted by Crippen LogP contribution is 2.31. The van der Waals surface area contributed by atoms with Gasteiger partial charge in [-0.1, -0.05) is 6.07 Å². The number of hydrogen-bond acceptors (Lipinski definition) is 7. The van der Waals surface area contributed by atoms with E-state index >= 15 is 0 Å². The Balaban J connectivity index is 1.90. The van der Waals surface area contributed by atoms with Gasteiger partial charge in [0, 0.05) is 5.56 Å². The number of nitrogens with zero attached hydrogens (tertiary/aromatic N) is 6. The fraction of sp³-hybridized carbons (Fsp3) is 0.0500. The van der Waals surface area contributed by atoms with Gasteiger partial charge in [-0.05, 0) is 24.3 Å². The van der Waals surface area contributed by atoms with Crippen molar-refractivity contribution in [2.75, 3.05) is 5.73 Å². The van der Waals surface area contributed by atoms with Crippen molar-refractivity contribution < 1.29 is 18.3 Å². The summed E-state index contributed by atoms with van der Waals surface area (Å²) in [6, 6.07) is 9.46. The summed E-state index contributed by atoms with van der Waals surface area (Å²) in [5.74, 6) is -3.53. The molecule has 3 N–H and O–H groups in total. The minimum Gasteiger partial charge on any atom is -0.396 e. The van der Waals surface area contributed by atoms with Gasteiger partial charge in [-0.25, -0.2) is 27.7 Å². The second kappa shape index (κ2) is 7.40. The standard InChI is InChI=1S/C20H10F3N7O/c21-12-4-5-13(26)16(23)14(12)18(31)19-28-20-11(7-25)17(27-8-30(20)29-19)10-3-1-2-9(6-24)15(10)22/h1-5,8,18,31H,26H2. The fourth-order valence-electron chi connectivity index (χ4n) is 3.06. The topological polar surface area (TPSA) is 137 Å². The molecule has 4 rings (SSSR count). The van der Waals surface area contributed by atoms with E-state index < -0.39 is 34.9 Å². The number of nitrogens with two attached hydrogens (primary N) is 1. The van der Waals surface area contributed by atoms with Crippen LogP contribution in [0.25, 0.3) is 16.9 Å². The minimum absolute atomic E-state index is 0.112. The number of halogens is 3. The zero-order chi connectivity index (χ0) is 22.3. The Morgan fingerprint density at radius 3 is 2.55 bits per heavy atom. The lowest BCUT2D eigenvalue weighted by molar-refractivity contribution is 0.199. The average molecular weight is 421 g/mol. The zero-order valence-corrected chi connectivity index (χ0v) is 15.4. The van der Waals surface area contributed by atoms with Crippen LogP contribution in [-0.4, -0.2) is 24.7 Å². The van der Waals surface area contributed by atoms with Crippen molar-refractivity contribution >= 4 is 11.3 Å². The van der Waals surface area contributed by atoms with Gasteiger partial charge in [0.15, 0.2) is 17.3 Å². The molecule has 0 amide bonds. The van der Waals surface area contributed by atoms with E-state index in [-0.39, 0.29) is 33.7 Å². The molecule has 4 aromatic rings. The predicted molar refractivity (Wildman–Crippen MR) is 100 cm³/mol. The summed E-state index contributed by atoms with van der Waals surface area (Å²) in [7, 11) is 0. The normalized spacial score (nSPS) is 11.8. The molecule has 8 nitrogen and oxygen atoms in total.